The molecule has 1 saturated carbocycles. The van der Waals surface area contributed by atoms with Gasteiger partial charge in [-0.3, -0.25) is 9.59 Å². The van der Waals surface area contributed by atoms with Gasteiger partial charge < -0.3 is 19.7 Å². The predicted octanol–water partition coefficient (Wildman–Crippen LogP) is 4.50. The largest absolute Gasteiger partial charge is 0.493 e. The average molecular weight is 473 g/mol. The molecular weight excluding hydrogens is 440 g/mol. The van der Waals surface area contributed by atoms with Gasteiger partial charge in [-0.25, -0.2) is 0 Å². The molecule has 0 bridgehead atoms. The molecule has 2 aromatic rings. The lowest BCUT2D eigenvalue weighted by molar-refractivity contribution is -0.139. The highest BCUT2D eigenvalue weighted by atomic mass is 35.5. The Bertz CT molecular complexity index is 916. The SMILES string of the molecule is COc1ccc(C(C(=O)NC2CCCCC2)N(CCc2ccccc2)C(=O)CCl)cc1OC. The summed E-state index contributed by atoms with van der Waals surface area (Å²) >= 11 is 6.00. The van der Waals surface area contributed by atoms with E-state index >= 15 is 0 Å². The van der Waals surface area contributed by atoms with E-state index in [4.69, 9.17) is 21.1 Å². The van der Waals surface area contributed by atoms with Crippen molar-refractivity contribution in [2.45, 2.75) is 50.6 Å². The number of hydrogen-bond acceptors (Lipinski definition) is 4. The molecule has 6 nitrogen and oxygen atoms in total. The van der Waals surface area contributed by atoms with E-state index in [2.05, 4.69) is 5.32 Å². The molecule has 0 aromatic heterocycles. The van der Waals surface area contributed by atoms with Gasteiger partial charge in [0, 0.05) is 12.6 Å². The van der Waals surface area contributed by atoms with Crippen molar-refractivity contribution >= 4 is 23.4 Å². The topological polar surface area (TPSA) is 67.9 Å². The summed E-state index contributed by atoms with van der Waals surface area (Å²) in [5.41, 5.74) is 1.75. The molecule has 0 saturated heterocycles. The van der Waals surface area contributed by atoms with E-state index in [1.165, 1.54) is 6.42 Å². The van der Waals surface area contributed by atoms with Gasteiger partial charge in [0.2, 0.25) is 11.8 Å². The minimum absolute atomic E-state index is 0.121. The van der Waals surface area contributed by atoms with Crippen molar-refractivity contribution in [2.24, 2.45) is 0 Å². The lowest BCUT2D eigenvalue weighted by atomic mass is 9.94. The maximum atomic E-state index is 13.6. The number of methoxy groups -OCH3 is 2. The van der Waals surface area contributed by atoms with Crippen LogP contribution in [0.5, 0.6) is 11.5 Å². The van der Waals surface area contributed by atoms with Gasteiger partial charge in [-0.1, -0.05) is 55.7 Å². The number of alkyl halides is 1. The molecule has 2 aromatic carbocycles. The first kappa shape index (κ1) is 24.9. The highest BCUT2D eigenvalue weighted by Gasteiger charge is 2.33. The molecule has 178 valence electrons. The monoisotopic (exact) mass is 472 g/mol. The molecule has 1 N–H and O–H groups in total. The van der Waals surface area contributed by atoms with Gasteiger partial charge in [-0.2, -0.15) is 0 Å². The lowest BCUT2D eigenvalue weighted by Gasteiger charge is -2.33. The van der Waals surface area contributed by atoms with Gasteiger partial charge in [0.15, 0.2) is 11.5 Å². The van der Waals surface area contributed by atoms with Crippen LogP contribution < -0.4 is 14.8 Å². The van der Waals surface area contributed by atoms with Crippen LogP contribution in [0.4, 0.5) is 0 Å². The molecule has 0 radical (unpaired) electrons. The Morgan fingerprint density at radius 2 is 1.73 bits per heavy atom. The van der Waals surface area contributed by atoms with Crippen molar-refractivity contribution in [1.29, 1.82) is 0 Å². The summed E-state index contributed by atoms with van der Waals surface area (Å²) < 4.78 is 10.8. The summed E-state index contributed by atoms with van der Waals surface area (Å²) in [6.45, 7) is 0.368. The highest BCUT2D eigenvalue weighted by molar-refractivity contribution is 6.27. The first-order valence-corrected chi connectivity index (χ1v) is 12.0. The maximum Gasteiger partial charge on any atom is 0.247 e. The molecule has 1 aliphatic rings. The fourth-order valence-electron chi connectivity index (χ4n) is 4.39. The molecule has 0 heterocycles. The molecule has 3 rings (SSSR count). The van der Waals surface area contributed by atoms with Crippen LogP contribution in [0.25, 0.3) is 0 Å². The number of halogens is 1. The van der Waals surface area contributed by atoms with Crippen molar-refractivity contribution < 1.29 is 19.1 Å². The average Bonchev–Trinajstić information content (AvgIpc) is 2.86. The van der Waals surface area contributed by atoms with Crippen LogP contribution in [-0.4, -0.2) is 49.4 Å². The molecule has 7 heteroatoms. The van der Waals surface area contributed by atoms with E-state index in [9.17, 15) is 9.59 Å². The number of ether oxygens (including phenoxy) is 2. The van der Waals surface area contributed by atoms with Gasteiger partial charge in [0.05, 0.1) is 14.2 Å². The molecular formula is C26H33ClN2O4. The van der Waals surface area contributed by atoms with Crippen molar-refractivity contribution in [3.8, 4) is 11.5 Å². The van der Waals surface area contributed by atoms with Crippen LogP contribution in [0.1, 0.15) is 49.3 Å². The van der Waals surface area contributed by atoms with Crippen LogP contribution in [0.15, 0.2) is 48.5 Å². The van der Waals surface area contributed by atoms with Gasteiger partial charge in [-0.05, 0) is 42.5 Å². The Balaban J connectivity index is 1.94. The summed E-state index contributed by atoms with van der Waals surface area (Å²) in [6.07, 6.45) is 5.92. The van der Waals surface area contributed by atoms with Crippen LogP contribution in [0.2, 0.25) is 0 Å². The molecule has 33 heavy (non-hydrogen) atoms. The Morgan fingerprint density at radius 3 is 2.36 bits per heavy atom. The number of benzene rings is 2. The third-order valence-electron chi connectivity index (χ3n) is 6.15. The van der Waals surface area contributed by atoms with Crippen LogP contribution >= 0.6 is 11.6 Å². The molecule has 0 aliphatic heterocycles. The second kappa shape index (κ2) is 12.5. The van der Waals surface area contributed by atoms with E-state index in [-0.39, 0.29) is 23.7 Å². The standard InChI is InChI=1S/C26H33ClN2O4/c1-32-22-14-13-20(17-23(22)33-2)25(26(31)28-21-11-7-4-8-12-21)29(24(30)18-27)16-15-19-9-5-3-6-10-19/h3,5-6,9-10,13-14,17,21,25H,4,7-8,11-12,15-16,18H2,1-2H3,(H,28,31). The third-order valence-corrected chi connectivity index (χ3v) is 6.38. The van der Waals surface area contributed by atoms with Crippen molar-refractivity contribution in [1.82, 2.24) is 10.2 Å². The predicted molar refractivity (Wildman–Crippen MR) is 130 cm³/mol. The molecule has 1 atom stereocenters. The maximum absolute atomic E-state index is 13.6. The van der Waals surface area contributed by atoms with Gasteiger partial charge in [-0.15, -0.1) is 11.6 Å². The number of nitrogens with zero attached hydrogens (tertiary/aromatic N) is 1. The fraction of sp³-hybridized carbons (Fsp3) is 0.462. The molecule has 1 unspecified atom stereocenters. The van der Waals surface area contributed by atoms with Crippen molar-refractivity contribution in [3.63, 3.8) is 0 Å². The van der Waals surface area contributed by atoms with E-state index in [0.29, 0.717) is 30.0 Å². The number of carbonyl (C=O) groups is 2. The quantitative estimate of drug-likeness (QED) is 0.517. The van der Waals surface area contributed by atoms with Crippen LogP contribution in [0.3, 0.4) is 0 Å². The minimum atomic E-state index is -0.818. The number of rotatable bonds is 10. The van der Waals surface area contributed by atoms with Gasteiger partial charge in [0.1, 0.15) is 11.9 Å². The zero-order valence-corrected chi connectivity index (χ0v) is 20.1. The molecule has 2 amide bonds. The summed E-state index contributed by atoms with van der Waals surface area (Å²) in [4.78, 5) is 28.2. The third kappa shape index (κ3) is 6.64. The van der Waals surface area contributed by atoms with E-state index in [1.54, 1.807) is 31.3 Å². The first-order valence-electron chi connectivity index (χ1n) is 11.5. The molecule has 1 fully saturated rings. The highest BCUT2D eigenvalue weighted by Crippen LogP contribution is 2.33. The van der Waals surface area contributed by atoms with E-state index in [0.717, 1.165) is 31.2 Å². The molecule has 1 aliphatic carbocycles. The van der Waals surface area contributed by atoms with E-state index in [1.807, 2.05) is 36.4 Å². The first-order chi connectivity index (χ1) is 16.1. The Kier molecular flexibility index (Phi) is 9.43. The van der Waals surface area contributed by atoms with Crippen molar-refractivity contribution in [3.05, 3.63) is 59.7 Å². The second-order valence-electron chi connectivity index (χ2n) is 8.32. The second-order valence-corrected chi connectivity index (χ2v) is 8.58. The number of carbonyl (C=O) groups excluding carboxylic acids is 2. The summed E-state index contributed by atoms with van der Waals surface area (Å²) in [5, 5.41) is 3.19. The Labute approximate surface area is 201 Å². The summed E-state index contributed by atoms with van der Waals surface area (Å²) in [6, 6.07) is 14.5. The normalized spacial score (nSPS) is 14.9. The van der Waals surface area contributed by atoms with E-state index < -0.39 is 6.04 Å². The smallest absolute Gasteiger partial charge is 0.247 e. The van der Waals surface area contributed by atoms with Crippen molar-refractivity contribution in [2.75, 3.05) is 26.6 Å². The summed E-state index contributed by atoms with van der Waals surface area (Å²) in [7, 11) is 3.11. The fourth-order valence-corrected chi connectivity index (χ4v) is 4.55. The van der Waals surface area contributed by atoms with Crippen LogP contribution in [0, 0.1) is 0 Å². The summed E-state index contributed by atoms with van der Waals surface area (Å²) in [5.74, 6) is 0.390. The number of hydrogen-bond donors (Lipinski definition) is 1. The Hall–Kier alpha value is -2.73. The number of nitrogens with one attached hydrogen (secondary N) is 1. The number of amides is 2. The Morgan fingerprint density at radius 1 is 1.03 bits per heavy atom. The molecule has 0 spiro atoms. The van der Waals surface area contributed by atoms with Crippen LogP contribution in [-0.2, 0) is 16.0 Å². The zero-order chi connectivity index (χ0) is 23.6. The van der Waals surface area contributed by atoms with Gasteiger partial charge >= 0.3 is 0 Å². The van der Waals surface area contributed by atoms with Gasteiger partial charge in [0.25, 0.3) is 0 Å². The zero-order valence-electron chi connectivity index (χ0n) is 19.4. The lowest BCUT2D eigenvalue weighted by Crippen LogP contribution is -2.48. The minimum Gasteiger partial charge on any atom is -0.493 e.